The second-order valence-electron chi connectivity index (χ2n) is 7.58. The highest BCUT2D eigenvalue weighted by molar-refractivity contribution is 7.94. The molecule has 0 aliphatic rings. The third-order valence-corrected chi connectivity index (χ3v) is 8.47. The molecule has 5 nitrogen and oxygen atoms in total. The zero-order valence-electron chi connectivity index (χ0n) is 18.2. The second-order valence-corrected chi connectivity index (χ2v) is 10.7. The van der Waals surface area contributed by atoms with Crippen molar-refractivity contribution in [3.05, 3.63) is 119 Å². The van der Waals surface area contributed by atoms with Gasteiger partial charge in [-0.2, -0.15) is 0 Å². The molecule has 7 heteroatoms. The van der Waals surface area contributed by atoms with Crippen molar-refractivity contribution >= 4 is 33.0 Å². The zero-order chi connectivity index (χ0) is 23.3. The zero-order valence-corrected chi connectivity index (χ0v) is 19.8. The monoisotopic (exact) mass is 476 g/mol. The number of hydrogen-bond donors (Lipinski definition) is 0. The van der Waals surface area contributed by atoms with Gasteiger partial charge in [0.1, 0.15) is 4.21 Å². The minimum absolute atomic E-state index is 0.113. The van der Waals surface area contributed by atoms with E-state index < -0.39 is 10.0 Å². The topological polar surface area (TPSA) is 57.7 Å². The molecule has 0 bridgehead atoms. The van der Waals surface area contributed by atoms with Crippen LogP contribution >= 0.6 is 11.3 Å². The fourth-order valence-corrected chi connectivity index (χ4v) is 5.84. The van der Waals surface area contributed by atoms with E-state index in [9.17, 15) is 13.2 Å². The SMILES string of the molecule is CN(c1ccc(C(=O)N(Cc2ccccc2)Cc2ccccc2)cc1)S(=O)(=O)c1cccs1. The molecule has 4 aromatic rings. The summed E-state index contributed by atoms with van der Waals surface area (Å²) >= 11 is 1.18. The van der Waals surface area contributed by atoms with Crippen molar-refractivity contribution in [2.75, 3.05) is 11.4 Å². The summed E-state index contributed by atoms with van der Waals surface area (Å²) < 4.78 is 27.1. The van der Waals surface area contributed by atoms with E-state index in [-0.39, 0.29) is 10.1 Å². The van der Waals surface area contributed by atoms with Crippen molar-refractivity contribution in [1.82, 2.24) is 4.90 Å². The highest BCUT2D eigenvalue weighted by atomic mass is 32.2. The molecule has 1 heterocycles. The Bertz CT molecular complexity index is 1250. The molecular formula is C26H24N2O3S2. The van der Waals surface area contributed by atoms with Gasteiger partial charge in [-0.15, -0.1) is 11.3 Å². The van der Waals surface area contributed by atoms with E-state index in [0.717, 1.165) is 11.1 Å². The lowest BCUT2D eigenvalue weighted by Gasteiger charge is -2.24. The van der Waals surface area contributed by atoms with Crippen LogP contribution in [-0.4, -0.2) is 26.3 Å². The molecule has 0 fully saturated rings. The van der Waals surface area contributed by atoms with Crippen LogP contribution in [0.1, 0.15) is 21.5 Å². The van der Waals surface area contributed by atoms with Crippen LogP contribution in [0, 0.1) is 0 Å². The smallest absolute Gasteiger partial charge is 0.273 e. The molecule has 0 saturated carbocycles. The van der Waals surface area contributed by atoms with Crippen molar-refractivity contribution < 1.29 is 13.2 Å². The summed E-state index contributed by atoms with van der Waals surface area (Å²) in [5.74, 6) is -0.113. The van der Waals surface area contributed by atoms with E-state index in [1.807, 2.05) is 60.7 Å². The summed E-state index contributed by atoms with van der Waals surface area (Å²) in [6, 6.07) is 29.7. The van der Waals surface area contributed by atoms with Crippen LogP contribution in [0.25, 0.3) is 0 Å². The van der Waals surface area contributed by atoms with Gasteiger partial charge in [-0.1, -0.05) is 66.7 Å². The highest BCUT2D eigenvalue weighted by Crippen LogP contribution is 2.26. The first kappa shape index (κ1) is 22.8. The molecule has 0 saturated heterocycles. The Morgan fingerprint density at radius 2 is 1.30 bits per heavy atom. The number of carbonyl (C=O) groups excluding carboxylic acids is 1. The van der Waals surface area contributed by atoms with Gasteiger partial charge < -0.3 is 4.90 Å². The Hall–Kier alpha value is -3.42. The van der Waals surface area contributed by atoms with Gasteiger partial charge in [0, 0.05) is 25.7 Å². The lowest BCUT2D eigenvalue weighted by molar-refractivity contribution is 0.0730. The van der Waals surface area contributed by atoms with Gasteiger partial charge in [0.2, 0.25) is 0 Å². The number of thiophene rings is 1. The molecule has 0 radical (unpaired) electrons. The maximum absolute atomic E-state index is 13.4. The Kier molecular flexibility index (Phi) is 6.91. The van der Waals surface area contributed by atoms with E-state index >= 15 is 0 Å². The molecule has 0 unspecified atom stereocenters. The van der Waals surface area contributed by atoms with Gasteiger partial charge >= 0.3 is 0 Å². The number of benzene rings is 3. The predicted octanol–water partition coefficient (Wildman–Crippen LogP) is 5.42. The second kappa shape index (κ2) is 10.0. The first-order chi connectivity index (χ1) is 15.9. The molecule has 3 aromatic carbocycles. The lowest BCUT2D eigenvalue weighted by atomic mass is 10.1. The molecule has 0 spiro atoms. The molecule has 168 valence electrons. The highest BCUT2D eigenvalue weighted by Gasteiger charge is 2.23. The van der Waals surface area contributed by atoms with Crippen molar-refractivity contribution in [1.29, 1.82) is 0 Å². The first-order valence-corrected chi connectivity index (χ1v) is 12.8. The average Bonchev–Trinajstić information content (AvgIpc) is 3.40. The number of sulfonamides is 1. The van der Waals surface area contributed by atoms with E-state index in [1.54, 1.807) is 46.7 Å². The Morgan fingerprint density at radius 1 is 0.758 bits per heavy atom. The average molecular weight is 477 g/mol. The Balaban J connectivity index is 1.57. The number of rotatable bonds is 8. The normalized spacial score (nSPS) is 11.2. The largest absolute Gasteiger partial charge is 0.330 e. The van der Waals surface area contributed by atoms with Crippen LogP contribution in [0.4, 0.5) is 5.69 Å². The molecule has 33 heavy (non-hydrogen) atoms. The summed E-state index contributed by atoms with van der Waals surface area (Å²) in [4.78, 5) is 15.2. The van der Waals surface area contributed by atoms with Crippen molar-refractivity contribution in [3.63, 3.8) is 0 Å². The summed E-state index contributed by atoms with van der Waals surface area (Å²) in [5, 5.41) is 1.73. The van der Waals surface area contributed by atoms with Gasteiger partial charge in [0.05, 0.1) is 5.69 Å². The van der Waals surface area contributed by atoms with Crippen molar-refractivity contribution in [2.24, 2.45) is 0 Å². The molecule has 1 aromatic heterocycles. The molecule has 0 N–H and O–H groups in total. The lowest BCUT2D eigenvalue weighted by Crippen LogP contribution is -2.30. The summed E-state index contributed by atoms with van der Waals surface area (Å²) in [7, 11) is -2.11. The van der Waals surface area contributed by atoms with Gasteiger partial charge in [-0.25, -0.2) is 8.42 Å². The molecule has 0 aliphatic heterocycles. The summed E-state index contributed by atoms with van der Waals surface area (Å²) in [6.07, 6.45) is 0. The number of carbonyl (C=O) groups is 1. The number of amides is 1. The maximum atomic E-state index is 13.4. The van der Waals surface area contributed by atoms with E-state index in [4.69, 9.17) is 0 Å². The van der Waals surface area contributed by atoms with Crippen LogP contribution < -0.4 is 4.31 Å². The van der Waals surface area contributed by atoms with Gasteiger partial charge in [0.15, 0.2) is 0 Å². The molecule has 4 rings (SSSR count). The van der Waals surface area contributed by atoms with E-state index in [0.29, 0.717) is 24.3 Å². The number of anilines is 1. The van der Waals surface area contributed by atoms with Gasteiger partial charge in [-0.3, -0.25) is 9.10 Å². The quantitative estimate of drug-likeness (QED) is 0.341. The third-order valence-electron chi connectivity index (χ3n) is 5.31. The fourth-order valence-electron chi connectivity index (χ4n) is 3.49. The molecular weight excluding hydrogens is 452 g/mol. The van der Waals surface area contributed by atoms with Crippen molar-refractivity contribution in [3.8, 4) is 0 Å². The standard InChI is InChI=1S/C26H24N2O3S2/c1-27(33(30,31)25-13-8-18-32-25)24-16-14-23(15-17-24)26(29)28(19-21-9-4-2-5-10-21)20-22-11-6-3-7-12-22/h2-18H,19-20H2,1H3. The van der Waals surface area contributed by atoms with Crippen molar-refractivity contribution in [2.45, 2.75) is 17.3 Å². The third kappa shape index (κ3) is 5.32. The predicted molar refractivity (Wildman–Crippen MR) is 133 cm³/mol. The first-order valence-electron chi connectivity index (χ1n) is 10.4. The fraction of sp³-hybridized carbons (Fsp3) is 0.115. The Labute approximate surface area is 198 Å². The van der Waals surface area contributed by atoms with Crippen LogP contribution in [0.3, 0.4) is 0 Å². The number of nitrogens with zero attached hydrogens (tertiary/aromatic N) is 2. The number of hydrogen-bond acceptors (Lipinski definition) is 4. The van der Waals surface area contributed by atoms with Gasteiger partial charge in [-0.05, 0) is 46.8 Å². The van der Waals surface area contributed by atoms with Crippen LogP contribution in [0.15, 0.2) is 107 Å². The van der Waals surface area contributed by atoms with Crippen LogP contribution in [0.5, 0.6) is 0 Å². The van der Waals surface area contributed by atoms with E-state index in [2.05, 4.69) is 0 Å². The molecule has 1 amide bonds. The molecule has 0 aliphatic carbocycles. The van der Waals surface area contributed by atoms with Crippen LogP contribution in [-0.2, 0) is 23.1 Å². The summed E-state index contributed by atoms with van der Waals surface area (Å²) in [5.41, 5.74) is 3.09. The Morgan fingerprint density at radius 3 is 1.79 bits per heavy atom. The van der Waals surface area contributed by atoms with Gasteiger partial charge in [0.25, 0.3) is 15.9 Å². The maximum Gasteiger partial charge on any atom is 0.273 e. The summed E-state index contributed by atoms with van der Waals surface area (Å²) in [6.45, 7) is 0.950. The van der Waals surface area contributed by atoms with E-state index in [1.165, 1.54) is 22.7 Å². The minimum Gasteiger partial charge on any atom is -0.330 e. The van der Waals surface area contributed by atoms with Crippen LogP contribution in [0.2, 0.25) is 0 Å². The minimum atomic E-state index is -3.62. The molecule has 0 atom stereocenters.